The van der Waals surface area contributed by atoms with Crippen molar-refractivity contribution in [1.82, 2.24) is 19.8 Å². The molecule has 0 radical (unpaired) electrons. The fourth-order valence-electron chi connectivity index (χ4n) is 6.31. The van der Waals surface area contributed by atoms with E-state index in [1.54, 1.807) is 4.90 Å². The van der Waals surface area contributed by atoms with E-state index >= 15 is 0 Å². The Morgan fingerprint density at radius 2 is 0.983 bits per heavy atom. The van der Waals surface area contributed by atoms with Gasteiger partial charge in [-0.15, -0.1) is 22.7 Å². The van der Waals surface area contributed by atoms with E-state index in [0.717, 1.165) is 35.6 Å². The van der Waals surface area contributed by atoms with Gasteiger partial charge in [0.1, 0.15) is 10.0 Å². The summed E-state index contributed by atoms with van der Waals surface area (Å²) in [4.78, 5) is 24.7. The molecule has 4 aromatic rings. The summed E-state index contributed by atoms with van der Waals surface area (Å²) in [6, 6.07) is 9.04. The van der Waals surface area contributed by atoms with Gasteiger partial charge in [0.2, 0.25) is 0 Å². The van der Waals surface area contributed by atoms with Crippen molar-refractivity contribution in [3.05, 3.63) is 80.8 Å². The number of thiazole rings is 2. The zero-order chi connectivity index (χ0) is 43.8. The number of benzene rings is 2. The van der Waals surface area contributed by atoms with Gasteiger partial charge in [-0.25, -0.2) is 9.97 Å². The van der Waals surface area contributed by atoms with Crippen molar-refractivity contribution >= 4 is 29.0 Å². The van der Waals surface area contributed by atoms with Crippen molar-refractivity contribution in [3.8, 4) is 21.1 Å². The number of carbonyl (C=O) groups is 1. The molecule has 2 aromatic heterocycles. The van der Waals surface area contributed by atoms with Crippen LogP contribution in [-0.4, -0.2) is 69.7 Å². The van der Waals surface area contributed by atoms with Crippen LogP contribution in [0.15, 0.2) is 48.5 Å². The van der Waals surface area contributed by atoms with Gasteiger partial charge in [0.25, 0.3) is 0 Å². The van der Waals surface area contributed by atoms with Crippen molar-refractivity contribution in [2.75, 3.05) is 26.2 Å². The van der Waals surface area contributed by atoms with Crippen LogP contribution >= 0.6 is 22.7 Å². The van der Waals surface area contributed by atoms with Gasteiger partial charge in [-0.3, -0.25) is 14.6 Å². The van der Waals surface area contributed by atoms with Crippen LogP contribution in [0.5, 0.6) is 0 Å². The molecule has 325 valence electrons. The molecule has 0 spiro atoms. The molecular formula is C36H34F12MnN4O4S2. The Labute approximate surface area is 342 Å². The van der Waals surface area contributed by atoms with E-state index in [1.165, 1.54) is 35.6 Å². The molecule has 8 nitrogen and oxygen atoms in total. The molecule has 2 saturated heterocycles. The summed E-state index contributed by atoms with van der Waals surface area (Å²) in [6.07, 6.45) is -16.6. The number of hydrogen-bond acceptors (Lipinski definition) is 10. The van der Waals surface area contributed by atoms with Gasteiger partial charge in [-0.05, 0) is 76.1 Å². The molecular weight excluding hydrogens is 899 g/mol. The zero-order valence-electron chi connectivity index (χ0n) is 30.3. The fourth-order valence-corrected chi connectivity index (χ4v) is 8.14. The number of aldehydes is 1. The zero-order valence-corrected chi connectivity index (χ0v) is 33.1. The second-order valence-corrected chi connectivity index (χ2v) is 15.7. The molecule has 0 bridgehead atoms. The minimum atomic E-state index is -4.44. The number of piperidine rings is 2. The summed E-state index contributed by atoms with van der Waals surface area (Å²) in [5.41, 5.74) is 0.380. The molecule has 0 amide bonds. The first-order valence-electron chi connectivity index (χ1n) is 17.4. The Kier molecular flexibility index (Phi) is 16.7. The number of rotatable bonds is 8. The monoisotopic (exact) mass is 933 g/mol. The SMILES string of the molecule is O=Cc1sc(-c2ccc(C(F)(F)F)cc2)nc1CN1CCC(C(F)(F)F)CC1.OCc1sc(-c2ccc(C(F)(F)F)cc2)nc1CN1CCC(C(F)(F)F)CC1.[O]=[Mn]=[O]. The van der Waals surface area contributed by atoms with Crippen molar-refractivity contribution in [2.24, 2.45) is 11.8 Å². The standard InChI is InChI=1S/C18H18F6N2OS.C18H16F6N2OS.Mn.2O/c2*19-17(20,21)12-3-1-11(2-4-12)16-25-14(15(10-27)28-16)9-26-7-5-13(6-8-26)18(22,23)24;;;/h1-4,13,27H,5-10H2;1-4,10,13H,5-9H2;;;. The van der Waals surface area contributed by atoms with Crippen LogP contribution in [0.3, 0.4) is 0 Å². The van der Waals surface area contributed by atoms with Crippen LogP contribution in [0.25, 0.3) is 21.1 Å². The van der Waals surface area contributed by atoms with Crippen molar-refractivity contribution in [3.63, 3.8) is 0 Å². The predicted octanol–water partition coefficient (Wildman–Crippen LogP) is 10.3. The van der Waals surface area contributed by atoms with Crippen molar-refractivity contribution in [2.45, 2.75) is 70.1 Å². The molecule has 2 aliphatic heterocycles. The average molecular weight is 934 g/mol. The number of alkyl halides is 12. The van der Waals surface area contributed by atoms with E-state index in [1.807, 2.05) is 4.90 Å². The number of likely N-dealkylation sites (tertiary alicyclic amines) is 2. The number of aromatic nitrogens is 2. The van der Waals surface area contributed by atoms with E-state index in [4.69, 9.17) is 7.67 Å². The summed E-state index contributed by atoms with van der Waals surface area (Å²) < 4.78 is 169. The fraction of sp³-hybridized carbons (Fsp3) is 0.472. The third-order valence-electron chi connectivity index (χ3n) is 9.52. The van der Waals surface area contributed by atoms with Crippen LogP contribution in [0.1, 0.15) is 62.7 Å². The van der Waals surface area contributed by atoms with Crippen LogP contribution in [0.4, 0.5) is 52.7 Å². The Balaban J connectivity index is 0.000000244. The van der Waals surface area contributed by atoms with Gasteiger partial charge in [0.05, 0.1) is 50.7 Å². The van der Waals surface area contributed by atoms with Gasteiger partial charge in [-0.1, -0.05) is 24.3 Å². The van der Waals surface area contributed by atoms with E-state index in [0.29, 0.717) is 55.1 Å². The van der Waals surface area contributed by atoms with Crippen LogP contribution in [0.2, 0.25) is 0 Å². The van der Waals surface area contributed by atoms with Gasteiger partial charge in [0, 0.05) is 24.2 Å². The average Bonchev–Trinajstić information content (AvgIpc) is 3.78. The Morgan fingerprint density at radius 3 is 1.32 bits per heavy atom. The number of carbonyl (C=O) groups excluding carboxylic acids is 1. The molecule has 23 heteroatoms. The summed E-state index contributed by atoms with van der Waals surface area (Å²) in [7, 11) is 0. The van der Waals surface area contributed by atoms with Gasteiger partial charge in [-0.2, -0.15) is 52.7 Å². The number of nitrogens with zero attached hydrogens (tertiary/aromatic N) is 4. The number of aliphatic hydroxyl groups excluding tert-OH is 1. The first-order valence-corrected chi connectivity index (χ1v) is 20.0. The topological polar surface area (TPSA) is 104 Å². The normalized spacial score (nSPS) is 16.5. The molecule has 4 heterocycles. The first-order chi connectivity index (χ1) is 27.6. The first kappa shape index (κ1) is 48.2. The maximum atomic E-state index is 12.8. The van der Waals surface area contributed by atoms with Crippen LogP contribution in [0, 0.1) is 11.8 Å². The summed E-state index contributed by atoms with van der Waals surface area (Å²) in [5.74, 6) is -2.60. The second-order valence-electron chi connectivity index (χ2n) is 13.4. The van der Waals surface area contributed by atoms with E-state index in [2.05, 4.69) is 9.97 Å². The van der Waals surface area contributed by atoms with Crippen molar-refractivity contribution in [1.29, 1.82) is 0 Å². The number of aliphatic hydroxyl groups is 1. The van der Waals surface area contributed by atoms with Gasteiger partial charge in [0.15, 0.2) is 6.29 Å². The quantitative estimate of drug-likeness (QED) is 0.106. The Bertz CT molecular complexity index is 2000. The number of halogens is 12. The molecule has 0 aliphatic carbocycles. The molecule has 2 aromatic carbocycles. The molecule has 1 N–H and O–H groups in total. The van der Waals surface area contributed by atoms with E-state index < -0.39 is 62.5 Å². The second kappa shape index (κ2) is 20.4. The Hall–Kier alpha value is -3.47. The molecule has 2 aliphatic rings. The molecule has 0 unspecified atom stereocenters. The van der Waals surface area contributed by atoms with Crippen molar-refractivity contribution < 1.29 is 85.1 Å². The predicted molar refractivity (Wildman–Crippen MR) is 186 cm³/mol. The molecule has 6 rings (SSSR count). The minimum absolute atomic E-state index is 0.00415. The third kappa shape index (κ3) is 13.8. The summed E-state index contributed by atoms with van der Waals surface area (Å²) in [5, 5.41) is 10.4. The number of hydrogen-bond donors (Lipinski definition) is 1. The van der Waals surface area contributed by atoms with E-state index in [-0.39, 0.29) is 65.0 Å². The molecule has 59 heavy (non-hydrogen) atoms. The van der Waals surface area contributed by atoms with Crippen LogP contribution < -0.4 is 0 Å². The van der Waals surface area contributed by atoms with Gasteiger partial charge < -0.3 is 5.11 Å². The maximum absolute atomic E-state index is 12.8. The van der Waals surface area contributed by atoms with Gasteiger partial charge >= 0.3 is 47.2 Å². The van der Waals surface area contributed by atoms with E-state index in [9.17, 15) is 62.6 Å². The molecule has 0 saturated carbocycles. The molecule has 2 fully saturated rings. The van der Waals surface area contributed by atoms with Crippen LogP contribution in [-0.2, 0) is 54.5 Å². The summed E-state index contributed by atoms with van der Waals surface area (Å²) in [6.45, 7) is 1.30. The summed E-state index contributed by atoms with van der Waals surface area (Å²) >= 11 is 0.785. The molecule has 0 atom stereocenters. The Morgan fingerprint density at radius 1 is 0.627 bits per heavy atom. The third-order valence-corrected chi connectivity index (χ3v) is 11.7.